The molecule has 0 spiro atoms. The Labute approximate surface area is 130 Å². The number of hydrogen-bond donors (Lipinski definition) is 1. The van der Waals surface area contributed by atoms with Crippen molar-refractivity contribution < 1.29 is 0 Å². The van der Waals surface area contributed by atoms with Gasteiger partial charge in [-0.05, 0) is 29.8 Å². The number of nitrogen functional groups attached to an aromatic ring is 1. The second-order valence-electron chi connectivity index (χ2n) is 4.46. The minimum absolute atomic E-state index is 0.803. The van der Waals surface area contributed by atoms with Crippen LogP contribution < -0.4 is 5.73 Å². The first-order chi connectivity index (χ1) is 9.74. The van der Waals surface area contributed by atoms with E-state index in [1.54, 1.807) is 11.8 Å². The van der Waals surface area contributed by atoms with Crippen LogP contribution in [-0.4, -0.2) is 4.98 Å². The smallest absolute Gasteiger partial charge is 0.0742 e. The van der Waals surface area contributed by atoms with Crippen molar-refractivity contribution in [1.29, 1.82) is 0 Å². The predicted octanol–water partition coefficient (Wildman–Crippen LogP) is 4.87. The number of thioether (sulfide) groups is 1. The maximum Gasteiger partial charge on any atom is 0.0742 e. The molecule has 2 aromatic carbocycles. The van der Waals surface area contributed by atoms with Gasteiger partial charge in [0.1, 0.15) is 0 Å². The Hall–Kier alpha value is -1.52. The Morgan fingerprint density at radius 2 is 1.95 bits per heavy atom. The van der Waals surface area contributed by atoms with E-state index >= 15 is 0 Å². The molecular formula is C16H13BrN2S. The first kappa shape index (κ1) is 13.5. The van der Waals surface area contributed by atoms with Crippen LogP contribution in [0.2, 0.25) is 0 Å². The highest BCUT2D eigenvalue weighted by atomic mass is 79.9. The van der Waals surface area contributed by atoms with E-state index in [1.807, 2.05) is 30.5 Å². The Kier molecular flexibility index (Phi) is 3.94. The van der Waals surface area contributed by atoms with E-state index in [2.05, 4.69) is 45.2 Å². The van der Waals surface area contributed by atoms with Crippen LogP contribution in [0, 0.1) is 0 Å². The number of para-hydroxylation sites is 1. The summed E-state index contributed by atoms with van der Waals surface area (Å²) < 4.78 is 1.01. The monoisotopic (exact) mass is 344 g/mol. The number of pyridine rings is 1. The quantitative estimate of drug-likeness (QED) is 0.544. The Morgan fingerprint density at radius 3 is 2.80 bits per heavy atom. The third kappa shape index (κ3) is 2.81. The molecule has 0 aliphatic carbocycles. The van der Waals surface area contributed by atoms with Gasteiger partial charge >= 0.3 is 0 Å². The fourth-order valence-electron chi connectivity index (χ4n) is 2.09. The zero-order chi connectivity index (χ0) is 13.9. The lowest BCUT2D eigenvalue weighted by Crippen LogP contribution is -1.90. The number of benzene rings is 2. The van der Waals surface area contributed by atoms with Gasteiger partial charge < -0.3 is 5.73 Å². The van der Waals surface area contributed by atoms with Crippen molar-refractivity contribution in [3.8, 4) is 0 Å². The van der Waals surface area contributed by atoms with Gasteiger partial charge in [-0.1, -0.05) is 40.2 Å². The molecule has 0 radical (unpaired) electrons. The molecule has 0 atom stereocenters. The lowest BCUT2D eigenvalue weighted by Gasteiger charge is -2.08. The van der Waals surface area contributed by atoms with Gasteiger partial charge in [0.05, 0.1) is 5.52 Å². The molecule has 1 aromatic heterocycles. The van der Waals surface area contributed by atoms with E-state index in [0.29, 0.717) is 0 Å². The van der Waals surface area contributed by atoms with Crippen LogP contribution in [0.25, 0.3) is 10.9 Å². The lowest BCUT2D eigenvalue weighted by atomic mass is 10.1. The van der Waals surface area contributed by atoms with Crippen molar-refractivity contribution >= 4 is 44.3 Å². The van der Waals surface area contributed by atoms with Gasteiger partial charge in [-0.25, -0.2) is 0 Å². The zero-order valence-electron chi connectivity index (χ0n) is 10.7. The Morgan fingerprint density at radius 1 is 1.10 bits per heavy atom. The molecule has 20 heavy (non-hydrogen) atoms. The molecule has 3 rings (SSSR count). The van der Waals surface area contributed by atoms with Crippen molar-refractivity contribution in [1.82, 2.24) is 4.98 Å². The molecule has 0 aliphatic heterocycles. The fourth-order valence-corrected chi connectivity index (χ4v) is 3.40. The summed E-state index contributed by atoms with van der Waals surface area (Å²) in [7, 11) is 0. The van der Waals surface area contributed by atoms with Crippen LogP contribution in [-0.2, 0) is 5.75 Å². The van der Waals surface area contributed by atoms with Crippen molar-refractivity contribution in [2.24, 2.45) is 0 Å². The summed E-state index contributed by atoms with van der Waals surface area (Å²) in [4.78, 5) is 5.58. The normalized spacial score (nSPS) is 10.8. The van der Waals surface area contributed by atoms with Crippen LogP contribution in [0.5, 0.6) is 0 Å². The molecule has 2 N–H and O–H groups in total. The minimum atomic E-state index is 0.803. The van der Waals surface area contributed by atoms with Crippen LogP contribution in [0.15, 0.2) is 64.1 Å². The number of halogens is 1. The molecule has 0 saturated carbocycles. The number of hydrogen-bond acceptors (Lipinski definition) is 3. The summed E-state index contributed by atoms with van der Waals surface area (Å²) in [6.45, 7) is 0. The van der Waals surface area contributed by atoms with Gasteiger partial charge in [0.25, 0.3) is 0 Å². The molecular weight excluding hydrogens is 332 g/mol. The van der Waals surface area contributed by atoms with Crippen LogP contribution in [0.1, 0.15) is 5.56 Å². The van der Waals surface area contributed by atoms with Crippen molar-refractivity contribution in [2.45, 2.75) is 10.6 Å². The highest BCUT2D eigenvalue weighted by molar-refractivity contribution is 9.10. The van der Waals surface area contributed by atoms with E-state index in [0.717, 1.165) is 26.3 Å². The maximum atomic E-state index is 6.03. The standard InChI is InChI=1S/C16H13BrN2S/c17-13-6-7-15(14(18)9-13)20-10-12-4-1-3-11-5-2-8-19-16(11)12/h1-9H,10,18H2. The van der Waals surface area contributed by atoms with Crippen molar-refractivity contribution in [3.05, 3.63) is 64.8 Å². The van der Waals surface area contributed by atoms with E-state index in [9.17, 15) is 0 Å². The summed E-state index contributed by atoms with van der Waals surface area (Å²) in [6, 6.07) is 16.3. The average molecular weight is 345 g/mol. The highest BCUT2D eigenvalue weighted by Crippen LogP contribution is 2.31. The summed E-state index contributed by atoms with van der Waals surface area (Å²) in [5.41, 5.74) is 9.13. The second-order valence-corrected chi connectivity index (χ2v) is 6.40. The summed E-state index contributed by atoms with van der Waals surface area (Å²) >= 11 is 5.16. The highest BCUT2D eigenvalue weighted by Gasteiger charge is 2.05. The van der Waals surface area contributed by atoms with Gasteiger partial charge in [-0.3, -0.25) is 4.98 Å². The first-order valence-corrected chi connectivity index (χ1v) is 8.02. The number of rotatable bonds is 3. The van der Waals surface area contributed by atoms with E-state index in [-0.39, 0.29) is 0 Å². The molecule has 1 heterocycles. The molecule has 100 valence electrons. The molecule has 0 fully saturated rings. The van der Waals surface area contributed by atoms with Gasteiger partial charge in [-0.2, -0.15) is 0 Å². The third-order valence-corrected chi connectivity index (χ3v) is 4.70. The molecule has 4 heteroatoms. The molecule has 0 unspecified atom stereocenters. The van der Waals surface area contributed by atoms with E-state index in [1.165, 1.54) is 10.9 Å². The SMILES string of the molecule is Nc1cc(Br)ccc1SCc1cccc2cccnc12. The molecule has 0 saturated heterocycles. The van der Waals surface area contributed by atoms with Crippen LogP contribution in [0.4, 0.5) is 5.69 Å². The molecule has 2 nitrogen and oxygen atoms in total. The third-order valence-electron chi connectivity index (χ3n) is 3.07. The summed E-state index contributed by atoms with van der Waals surface area (Å²) in [5.74, 6) is 0.861. The summed E-state index contributed by atoms with van der Waals surface area (Å²) in [6.07, 6.45) is 1.84. The lowest BCUT2D eigenvalue weighted by molar-refractivity contribution is 1.34. The number of aromatic nitrogens is 1. The van der Waals surface area contributed by atoms with Crippen LogP contribution in [0.3, 0.4) is 0 Å². The molecule has 3 aromatic rings. The fraction of sp³-hybridized carbons (Fsp3) is 0.0625. The predicted molar refractivity (Wildman–Crippen MR) is 89.9 cm³/mol. The number of nitrogens with zero attached hydrogens (tertiary/aromatic N) is 1. The first-order valence-electron chi connectivity index (χ1n) is 6.24. The van der Waals surface area contributed by atoms with Gasteiger partial charge in [-0.15, -0.1) is 11.8 Å². The van der Waals surface area contributed by atoms with Crippen molar-refractivity contribution in [3.63, 3.8) is 0 Å². The number of fused-ring (bicyclic) bond motifs is 1. The van der Waals surface area contributed by atoms with Crippen molar-refractivity contribution in [2.75, 3.05) is 5.73 Å². The topological polar surface area (TPSA) is 38.9 Å². The van der Waals surface area contributed by atoms with E-state index < -0.39 is 0 Å². The summed E-state index contributed by atoms with van der Waals surface area (Å²) in [5, 5.41) is 1.18. The van der Waals surface area contributed by atoms with Gasteiger partial charge in [0.2, 0.25) is 0 Å². The number of anilines is 1. The Balaban J connectivity index is 1.87. The average Bonchev–Trinajstić information content (AvgIpc) is 2.46. The van der Waals surface area contributed by atoms with Crippen LogP contribution >= 0.6 is 27.7 Å². The number of nitrogens with two attached hydrogens (primary N) is 1. The molecule has 0 bridgehead atoms. The van der Waals surface area contributed by atoms with Gasteiger partial charge in [0, 0.05) is 32.4 Å². The Bertz CT molecular complexity index is 753. The second kappa shape index (κ2) is 5.85. The molecule has 0 aliphatic rings. The van der Waals surface area contributed by atoms with E-state index in [4.69, 9.17) is 5.73 Å². The van der Waals surface area contributed by atoms with Gasteiger partial charge in [0.15, 0.2) is 0 Å². The molecule has 0 amide bonds. The maximum absolute atomic E-state index is 6.03. The minimum Gasteiger partial charge on any atom is -0.398 e. The largest absolute Gasteiger partial charge is 0.398 e. The zero-order valence-corrected chi connectivity index (χ0v) is 13.1.